The summed E-state index contributed by atoms with van der Waals surface area (Å²) in [7, 11) is 0. The SMILES string of the molecule is O=C(CNc1cccc(C(F)(F)F)c1)N1CCC(Nc2ccccc2)C1. The van der Waals surface area contributed by atoms with Gasteiger partial charge in [-0.25, -0.2) is 0 Å². The van der Waals surface area contributed by atoms with Gasteiger partial charge in [0.25, 0.3) is 0 Å². The van der Waals surface area contributed by atoms with Crippen LogP contribution in [0.25, 0.3) is 0 Å². The number of hydrogen-bond acceptors (Lipinski definition) is 3. The standard InChI is InChI=1S/C19H20F3N3O/c20-19(21,22)14-5-4-8-16(11-14)23-12-18(26)25-10-9-17(13-25)24-15-6-2-1-3-7-15/h1-8,11,17,23-24H,9-10,12-13H2. The quantitative estimate of drug-likeness (QED) is 0.849. The van der Waals surface area contributed by atoms with E-state index in [1.165, 1.54) is 12.1 Å². The van der Waals surface area contributed by atoms with Crippen molar-refractivity contribution in [2.24, 2.45) is 0 Å². The number of carbonyl (C=O) groups is 1. The molecule has 1 heterocycles. The van der Waals surface area contributed by atoms with Gasteiger partial charge in [0.1, 0.15) is 0 Å². The van der Waals surface area contributed by atoms with E-state index in [2.05, 4.69) is 10.6 Å². The van der Waals surface area contributed by atoms with E-state index in [1.807, 2.05) is 30.3 Å². The van der Waals surface area contributed by atoms with Gasteiger partial charge < -0.3 is 15.5 Å². The fourth-order valence-electron chi connectivity index (χ4n) is 2.97. The first-order valence-electron chi connectivity index (χ1n) is 8.42. The topological polar surface area (TPSA) is 44.4 Å². The molecule has 1 atom stereocenters. The lowest BCUT2D eigenvalue weighted by molar-refractivity contribution is -0.137. The van der Waals surface area contributed by atoms with Crippen LogP contribution in [0.2, 0.25) is 0 Å². The van der Waals surface area contributed by atoms with Crippen LogP contribution in [0.5, 0.6) is 0 Å². The van der Waals surface area contributed by atoms with Crippen molar-refractivity contribution >= 4 is 17.3 Å². The second-order valence-electron chi connectivity index (χ2n) is 6.27. The van der Waals surface area contributed by atoms with Crippen LogP contribution in [0, 0.1) is 0 Å². The number of carbonyl (C=O) groups excluding carboxylic acids is 1. The summed E-state index contributed by atoms with van der Waals surface area (Å²) < 4.78 is 38.2. The van der Waals surface area contributed by atoms with Crippen molar-refractivity contribution in [2.45, 2.75) is 18.6 Å². The largest absolute Gasteiger partial charge is 0.416 e. The van der Waals surface area contributed by atoms with E-state index in [0.29, 0.717) is 13.1 Å². The Morgan fingerprint density at radius 2 is 1.81 bits per heavy atom. The van der Waals surface area contributed by atoms with Crippen molar-refractivity contribution < 1.29 is 18.0 Å². The van der Waals surface area contributed by atoms with Crippen LogP contribution in [0.15, 0.2) is 54.6 Å². The normalized spacial score (nSPS) is 17.2. The van der Waals surface area contributed by atoms with Crippen LogP contribution >= 0.6 is 0 Å². The zero-order chi connectivity index (χ0) is 18.6. The Kier molecular flexibility index (Phi) is 5.35. The Balaban J connectivity index is 1.50. The van der Waals surface area contributed by atoms with Crippen molar-refractivity contribution in [3.63, 3.8) is 0 Å². The number of nitrogens with one attached hydrogen (secondary N) is 2. The highest BCUT2D eigenvalue weighted by Crippen LogP contribution is 2.30. The number of alkyl halides is 3. The molecule has 1 fully saturated rings. The van der Waals surface area contributed by atoms with Crippen molar-refractivity contribution in [1.82, 2.24) is 4.90 Å². The van der Waals surface area contributed by atoms with Gasteiger partial charge >= 0.3 is 6.18 Å². The first kappa shape index (κ1) is 18.1. The van der Waals surface area contributed by atoms with Crippen LogP contribution in [0.4, 0.5) is 24.5 Å². The first-order chi connectivity index (χ1) is 12.4. The summed E-state index contributed by atoms with van der Waals surface area (Å²) in [5.41, 5.74) is 0.559. The highest BCUT2D eigenvalue weighted by Gasteiger charge is 2.30. The zero-order valence-electron chi connectivity index (χ0n) is 14.1. The van der Waals surface area contributed by atoms with E-state index in [9.17, 15) is 18.0 Å². The number of anilines is 2. The van der Waals surface area contributed by atoms with Crippen molar-refractivity contribution in [1.29, 1.82) is 0 Å². The minimum absolute atomic E-state index is 0.0284. The third-order valence-corrected chi connectivity index (χ3v) is 4.32. The van der Waals surface area contributed by atoms with Crippen LogP contribution in [0.3, 0.4) is 0 Å². The highest BCUT2D eigenvalue weighted by molar-refractivity contribution is 5.81. The van der Waals surface area contributed by atoms with Gasteiger partial charge in [0.05, 0.1) is 12.1 Å². The summed E-state index contributed by atoms with van der Waals surface area (Å²) in [5.74, 6) is -0.125. The molecule has 1 aliphatic rings. The monoisotopic (exact) mass is 363 g/mol. The molecule has 1 unspecified atom stereocenters. The van der Waals surface area contributed by atoms with Crippen molar-refractivity contribution in [2.75, 3.05) is 30.3 Å². The molecule has 4 nitrogen and oxygen atoms in total. The minimum atomic E-state index is -4.40. The lowest BCUT2D eigenvalue weighted by Gasteiger charge is -2.18. The predicted octanol–water partition coefficient (Wildman–Crippen LogP) is 3.83. The molecule has 2 aromatic carbocycles. The lowest BCUT2D eigenvalue weighted by atomic mass is 10.2. The smallest absolute Gasteiger partial charge is 0.380 e. The van der Waals surface area contributed by atoms with Gasteiger partial charge in [-0.15, -0.1) is 0 Å². The maximum absolute atomic E-state index is 12.7. The Labute approximate surface area is 150 Å². The number of benzene rings is 2. The highest BCUT2D eigenvalue weighted by atomic mass is 19.4. The molecule has 26 heavy (non-hydrogen) atoms. The fraction of sp³-hybridized carbons (Fsp3) is 0.316. The summed E-state index contributed by atoms with van der Waals surface area (Å²) in [5, 5.41) is 6.17. The van der Waals surface area contributed by atoms with E-state index in [-0.39, 0.29) is 24.2 Å². The van der Waals surface area contributed by atoms with Gasteiger partial charge in [-0.1, -0.05) is 24.3 Å². The third kappa shape index (κ3) is 4.68. The average molecular weight is 363 g/mol. The second-order valence-corrected chi connectivity index (χ2v) is 6.27. The zero-order valence-corrected chi connectivity index (χ0v) is 14.1. The fourth-order valence-corrected chi connectivity index (χ4v) is 2.97. The molecule has 2 N–H and O–H groups in total. The van der Waals surface area contributed by atoms with Crippen LogP contribution < -0.4 is 10.6 Å². The molecule has 7 heteroatoms. The average Bonchev–Trinajstić information content (AvgIpc) is 3.09. The summed E-state index contributed by atoms with van der Waals surface area (Å²) >= 11 is 0. The van der Waals surface area contributed by atoms with Crippen LogP contribution in [-0.4, -0.2) is 36.5 Å². The van der Waals surface area contributed by atoms with Crippen molar-refractivity contribution in [3.8, 4) is 0 Å². The Bertz CT molecular complexity index is 749. The van der Waals surface area contributed by atoms with Crippen LogP contribution in [0.1, 0.15) is 12.0 Å². The molecule has 1 amide bonds. The molecule has 3 rings (SSSR count). The summed E-state index contributed by atoms with van der Waals surface area (Å²) in [6, 6.07) is 14.8. The molecule has 2 aromatic rings. The Hall–Kier alpha value is -2.70. The molecule has 0 bridgehead atoms. The van der Waals surface area contributed by atoms with E-state index < -0.39 is 11.7 Å². The third-order valence-electron chi connectivity index (χ3n) is 4.32. The van der Waals surface area contributed by atoms with Gasteiger partial charge in [0, 0.05) is 30.5 Å². The number of halogens is 3. The minimum Gasteiger partial charge on any atom is -0.380 e. The molecule has 0 radical (unpaired) electrons. The van der Waals surface area contributed by atoms with E-state index >= 15 is 0 Å². The Morgan fingerprint density at radius 3 is 2.54 bits per heavy atom. The molecule has 1 aliphatic heterocycles. The molecule has 138 valence electrons. The molecular weight excluding hydrogens is 343 g/mol. The van der Waals surface area contributed by atoms with Gasteiger partial charge in [-0.05, 0) is 36.8 Å². The number of nitrogens with zero attached hydrogens (tertiary/aromatic N) is 1. The lowest BCUT2D eigenvalue weighted by Crippen LogP contribution is -2.35. The van der Waals surface area contributed by atoms with Gasteiger partial charge in [0.15, 0.2) is 0 Å². The van der Waals surface area contributed by atoms with Crippen LogP contribution in [-0.2, 0) is 11.0 Å². The molecule has 0 spiro atoms. The number of likely N-dealkylation sites (tertiary alicyclic amines) is 1. The van der Waals surface area contributed by atoms with E-state index in [1.54, 1.807) is 4.90 Å². The maximum atomic E-state index is 12.7. The molecule has 1 saturated heterocycles. The summed E-state index contributed by atoms with van der Waals surface area (Å²) in [6.45, 7) is 1.19. The molecule has 0 aliphatic carbocycles. The van der Waals surface area contributed by atoms with Gasteiger partial charge in [-0.2, -0.15) is 13.2 Å². The number of hydrogen-bond donors (Lipinski definition) is 2. The Morgan fingerprint density at radius 1 is 1.08 bits per heavy atom. The predicted molar refractivity (Wildman–Crippen MR) is 95.0 cm³/mol. The number of amides is 1. The van der Waals surface area contributed by atoms with E-state index in [4.69, 9.17) is 0 Å². The van der Waals surface area contributed by atoms with Crippen molar-refractivity contribution in [3.05, 3.63) is 60.2 Å². The number of para-hydroxylation sites is 1. The summed E-state index contributed by atoms with van der Waals surface area (Å²) in [4.78, 5) is 14.0. The molecule has 0 saturated carbocycles. The van der Waals surface area contributed by atoms with Gasteiger partial charge in [0.2, 0.25) is 5.91 Å². The first-order valence-corrected chi connectivity index (χ1v) is 8.42. The maximum Gasteiger partial charge on any atom is 0.416 e. The van der Waals surface area contributed by atoms with Gasteiger partial charge in [-0.3, -0.25) is 4.79 Å². The molecular formula is C19H20F3N3O. The second kappa shape index (κ2) is 7.68. The number of rotatable bonds is 5. The summed E-state index contributed by atoms with van der Waals surface area (Å²) in [6.07, 6.45) is -3.56. The van der Waals surface area contributed by atoms with E-state index in [0.717, 1.165) is 24.2 Å². The molecule has 0 aromatic heterocycles.